The highest BCUT2D eigenvalue weighted by atomic mass is 31.2. The molecule has 3 aromatic rings. The number of rotatable bonds is 10. The van der Waals surface area contributed by atoms with E-state index < -0.39 is 50.2 Å². The number of aliphatic hydroxyl groups is 1. The van der Waals surface area contributed by atoms with Crippen molar-refractivity contribution in [1.82, 2.24) is 19.5 Å². The van der Waals surface area contributed by atoms with Crippen LogP contribution in [0.3, 0.4) is 0 Å². The zero-order chi connectivity index (χ0) is 28.4. The van der Waals surface area contributed by atoms with Gasteiger partial charge in [-0.15, -0.1) is 6.42 Å². The van der Waals surface area contributed by atoms with Gasteiger partial charge < -0.3 is 24.8 Å². The second kappa shape index (κ2) is 11.3. The van der Waals surface area contributed by atoms with Crippen molar-refractivity contribution in [3.8, 4) is 18.1 Å². The lowest BCUT2D eigenvalue weighted by Gasteiger charge is -2.24. The van der Waals surface area contributed by atoms with Crippen LogP contribution < -0.4 is 10.3 Å². The third-order valence-electron chi connectivity index (χ3n) is 5.93. The zero-order valence-electron chi connectivity index (χ0n) is 21.5. The Kier molecular flexibility index (Phi) is 8.23. The highest BCUT2D eigenvalue weighted by Crippen LogP contribution is 2.51. The molecule has 3 N–H and O–H groups in total. The number of nitrogen functional groups attached to an aromatic ring is 1. The lowest BCUT2D eigenvalue weighted by molar-refractivity contribution is -0.151. The fraction of sp³-hybridized carbons (Fsp3) is 0.440. The molecule has 0 amide bonds. The fourth-order valence-corrected chi connectivity index (χ4v) is 5.90. The molecule has 1 unspecified atom stereocenters. The van der Waals surface area contributed by atoms with Gasteiger partial charge >= 0.3 is 13.6 Å². The molecule has 3 heterocycles. The smallest absolute Gasteiger partial charge is 0.380 e. The van der Waals surface area contributed by atoms with Gasteiger partial charge in [0.05, 0.1) is 37.3 Å². The first-order valence-electron chi connectivity index (χ1n) is 12.1. The van der Waals surface area contributed by atoms with Crippen LogP contribution in [0.2, 0.25) is 0 Å². The van der Waals surface area contributed by atoms with E-state index in [4.69, 9.17) is 30.7 Å². The molecule has 0 aliphatic carbocycles. The van der Waals surface area contributed by atoms with E-state index in [1.165, 1.54) is 24.0 Å². The Hall–Kier alpha value is -3.56. The molecule has 0 spiro atoms. The summed E-state index contributed by atoms with van der Waals surface area (Å²) < 4.78 is 53.4. The van der Waals surface area contributed by atoms with Crippen molar-refractivity contribution in [2.45, 2.75) is 51.0 Å². The zero-order valence-corrected chi connectivity index (χ0v) is 22.4. The molecule has 208 valence electrons. The van der Waals surface area contributed by atoms with Crippen LogP contribution in [0, 0.1) is 18.3 Å². The van der Waals surface area contributed by atoms with Crippen molar-refractivity contribution in [3.05, 3.63) is 42.9 Å². The monoisotopic (exact) mass is 561 g/mol. The summed E-state index contributed by atoms with van der Waals surface area (Å²) in [6.07, 6.45) is 2.50. The lowest BCUT2D eigenvalue weighted by Crippen LogP contribution is -2.42. The average molecular weight is 562 g/mol. The number of nitrogens with two attached hydrogens (primary N) is 1. The van der Waals surface area contributed by atoms with E-state index in [9.17, 15) is 14.5 Å². The third-order valence-corrected chi connectivity index (χ3v) is 7.96. The Labute approximate surface area is 224 Å². The predicted octanol–water partition coefficient (Wildman–Crippen LogP) is 2.88. The quantitative estimate of drug-likeness (QED) is 0.213. The largest absolute Gasteiger partial charge is 0.463 e. The molecule has 2 aromatic heterocycles. The van der Waals surface area contributed by atoms with Crippen LogP contribution in [0.4, 0.5) is 10.3 Å². The highest BCUT2D eigenvalue weighted by molar-refractivity contribution is 7.54. The van der Waals surface area contributed by atoms with Crippen LogP contribution >= 0.6 is 7.60 Å². The van der Waals surface area contributed by atoms with E-state index in [1.54, 1.807) is 44.2 Å². The number of carbonyl (C=O) groups excluding carboxylic acids is 1. The molecule has 4 rings (SSSR count). The number of anilines is 1. The summed E-state index contributed by atoms with van der Waals surface area (Å²) >= 11 is 0. The van der Waals surface area contributed by atoms with Gasteiger partial charge in [-0.05, 0) is 26.0 Å². The number of carbonyl (C=O) groups is 1. The van der Waals surface area contributed by atoms with Crippen LogP contribution in [0.15, 0.2) is 42.9 Å². The first kappa shape index (κ1) is 28.4. The van der Waals surface area contributed by atoms with Gasteiger partial charge in [-0.25, -0.2) is 18.9 Å². The number of fused-ring (bicyclic) bond motifs is 1. The molecular formula is C25H29FN5O7P. The van der Waals surface area contributed by atoms with E-state index >= 15 is 4.39 Å². The number of nitrogens with zero attached hydrogens (tertiary/aromatic N) is 4. The van der Waals surface area contributed by atoms with Crippen molar-refractivity contribution in [1.29, 1.82) is 0 Å². The molecule has 0 radical (unpaired) electrons. The Morgan fingerprint density at radius 2 is 2.05 bits per heavy atom. The van der Waals surface area contributed by atoms with Crippen molar-refractivity contribution in [2.24, 2.45) is 5.92 Å². The topological polar surface area (TPSA) is 161 Å². The van der Waals surface area contributed by atoms with Crippen molar-refractivity contribution >= 4 is 30.7 Å². The normalized spacial score (nSPS) is 25.2. The van der Waals surface area contributed by atoms with Crippen molar-refractivity contribution < 1.29 is 37.4 Å². The average Bonchev–Trinajstić information content (AvgIpc) is 3.41. The summed E-state index contributed by atoms with van der Waals surface area (Å²) in [6, 6.07) is 8.20. The lowest BCUT2D eigenvalue weighted by atomic mass is 9.97. The number of para-hydroxylation sites is 1. The van der Waals surface area contributed by atoms with Gasteiger partial charge in [0.2, 0.25) is 11.6 Å². The van der Waals surface area contributed by atoms with Crippen LogP contribution in [0.25, 0.3) is 11.2 Å². The van der Waals surface area contributed by atoms with Gasteiger partial charge in [-0.3, -0.25) is 13.9 Å². The number of aromatic nitrogens is 4. The predicted molar refractivity (Wildman–Crippen MR) is 138 cm³/mol. The minimum atomic E-state index is -4.07. The van der Waals surface area contributed by atoms with Gasteiger partial charge in [0, 0.05) is 0 Å². The molecule has 0 saturated carbocycles. The number of hydrogen-bond donors (Lipinski definition) is 2. The van der Waals surface area contributed by atoms with Gasteiger partial charge in [-0.1, -0.05) is 31.0 Å². The highest BCUT2D eigenvalue weighted by Gasteiger charge is 2.58. The van der Waals surface area contributed by atoms with E-state index in [-0.39, 0.29) is 29.6 Å². The maximum atomic E-state index is 16.0. The molecule has 14 heteroatoms. The summed E-state index contributed by atoms with van der Waals surface area (Å²) in [4.78, 5) is 24.4. The second-order valence-electron chi connectivity index (χ2n) is 9.35. The van der Waals surface area contributed by atoms with Gasteiger partial charge in [0.15, 0.2) is 11.9 Å². The summed E-state index contributed by atoms with van der Waals surface area (Å²) in [5.41, 5.74) is 3.36. The molecule has 0 bridgehead atoms. The van der Waals surface area contributed by atoms with Crippen LogP contribution in [-0.2, 0) is 23.4 Å². The second-order valence-corrected chi connectivity index (χ2v) is 11.4. The maximum Gasteiger partial charge on any atom is 0.380 e. The molecule has 1 aliphatic heterocycles. The molecule has 39 heavy (non-hydrogen) atoms. The Bertz CT molecular complexity index is 1410. The Morgan fingerprint density at radius 1 is 1.33 bits per heavy atom. The van der Waals surface area contributed by atoms with Crippen LogP contribution in [0.1, 0.15) is 27.0 Å². The summed E-state index contributed by atoms with van der Waals surface area (Å²) in [5, 5.41) is 10.8. The molecular weight excluding hydrogens is 532 g/mol. The van der Waals surface area contributed by atoms with E-state index in [0.717, 1.165) is 0 Å². The van der Waals surface area contributed by atoms with Crippen molar-refractivity contribution in [2.75, 3.05) is 18.5 Å². The number of aliphatic hydroxyl groups excluding tert-OH is 1. The van der Waals surface area contributed by atoms with Crippen LogP contribution in [0.5, 0.6) is 5.75 Å². The number of terminal acetylenes is 1. The minimum absolute atomic E-state index is 0.0862. The standard InChI is InChI=1S/C25H29FN5O7P/c1-5-25(26)20(32)19(37-23(25)31-14-29-18-11-28-24(27)30-21(18)31)12-35-39(34,38-17-9-7-6-8-10-17)13-16(4)22(33)36-15(2)3/h1,6-11,14-16,19-20,23,32H,12-13H2,2-4H3,(H2,27,28,30)/t16-,19-,20+,23-,25?,39+/m1/s1. The maximum absolute atomic E-state index is 16.0. The first-order chi connectivity index (χ1) is 18.5. The van der Waals surface area contributed by atoms with Gasteiger partial charge in [-0.2, -0.15) is 4.98 Å². The molecule has 1 aliphatic rings. The third kappa shape index (κ3) is 6.04. The molecule has 12 nitrogen and oxygen atoms in total. The summed E-state index contributed by atoms with van der Waals surface area (Å²) in [6.45, 7) is 4.32. The van der Waals surface area contributed by atoms with E-state index in [1.807, 2.05) is 5.92 Å². The molecule has 1 fully saturated rings. The molecule has 1 aromatic carbocycles. The fourth-order valence-electron chi connectivity index (χ4n) is 4.03. The summed E-state index contributed by atoms with van der Waals surface area (Å²) in [5.74, 6) is 0.641. The number of halogens is 1. The number of imidazole rings is 1. The van der Waals surface area contributed by atoms with E-state index in [0.29, 0.717) is 5.52 Å². The SMILES string of the molecule is C#CC1(F)[C@@H](O)[C@@H](CO[P@@](=O)(C[C@@H](C)C(=O)OC(C)C)Oc2ccccc2)O[C@H]1n1cnc2cnc(N)nc21. The number of benzene rings is 1. The first-order valence-corrected chi connectivity index (χ1v) is 13.8. The number of alkyl halides is 1. The minimum Gasteiger partial charge on any atom is -0.463 e. The van der Waals surface area contributed by atoms with Gasteiger partial charge in [0.1, 0.15) is 23.5 Å². The number of esters is 1. The Balaban J connectivity index is 1.57. The van der Waals surface area contributed by atoms with Crippen LogP contribution in [-0.4, -0.2) is 67.3 Å². The number of ether oxygens (including phenoxy) is 2. The molecule has 1 saturated heterocycles. The number of hydrogen-bond acceptors (Lipinski definition) is 11. The van der Waals surface area contributed by atoms with Crippen molar-refractivity contribution in [3.63, 3.8) is 0 Å². The Morgan fingerprint density at radius 3 is 2.72 bits per heavy atom. The summed E-state index contributed by atoms with van der Waals surface area (Å²) in [7, 11) is -4.07. The van der Waals surface area contributed by atoms with Gasteiger partial charge in [0.25, 0.3) is 0 Å². The van der Waals surface area contributed by atoms with E-state index in [2.05, 4.69) is 15.0 Å². The molecule has 6 atom stereocenters.